The summed E-state index contributed by atoms with van der Waals surface area (Å²) >= 11 is 1.76. The molecule has 0 radical (unpaired) electrons. The number of hydrogen-bond donors (Lipinski definition) is 0. The molecule has 0 fully saturated rings. The lowest BCUT2D eigenvalue weighted by atomic mass is 10.1. The Balaban J connectivity index is 2.13. The molecule has 1 aromatic heterocycles. The van der Waals surface area contributed by atoms with Crippen molar-refractivity contribution in [2.75, 3.05) is 0 Å². The third-order valence-corrected chi connectivity index (χ3v) is 3.44. The Labute approximate surface area is 107 Å². The number of hydrogen-bond acceptors (Lipinski definition) is 1. The molecule has 86 valence electrons. The topological polar surface area (TPSA) is 0 Å². The average Bonchev–Trinajstić information content (AvgIpc) is 2.78. The Morgan fingerprint density at radius 2 is 1.82 bits per heavy atom. The third kappa shape index (κ3) is 3.47. The maximum atomic E-state index is 3.23. The van der Waals surface area contributed by atoms with Gasteiger partial charge in [-0.25, -0.2) is 0 Å². The largest absolute Gasteiger partial charge is 0.127 e. The van der Waals surface area contributed by atoms with E-state index in [1.165, 1.54) is 10.4 Å². The summed E-state index contributed by atoms with van der Waals surface area (Å²) in [7, 11) is 0. The Morgan fingerprint density at radius 3 is 2.53 bits per heavy atom. The van der Waals surface area contributed by atoms with Crippen molar-refractivity contribution in [2.45, 2.75) is 20.3 Å². The zero-order valence-electron chi connectivity index (χ0n) is 10.2. The molecule has 0 saturated carbocycles. The number of benzene rings is 1. The van der Waals surface area contributed by atoms with E-state index in [2.05, 4.69) is 62.1 Å². The first kappa shape index (κ1) is 12.0. The van der Waals surface area contributed by atoms with Gasteiger partial charge in [0.25, 0.3) is 0 Å². The fourth-order valence-electron chi connectivity index (χ4n) is 1.50. The van der Waals surface area contributed by atoms with Crippen LogP contribution in [0.5, 0.6) is 0 Å². The first-order valence-corrected chi connectivity index (χ1v) is 6.71. The lowest BCUT2D eigenvalue weighted by molar-refractivity contribution is 0.676. The zero-order valence-corrected chi connectivity index (χ0v) is 11.1. The molecule has 2 rings (SSSR count). The van der Waals surface area contributed by atoms with Gasteiger partial charge >= 0.3 is 0 Å². The highest BCUT2D eigenvalue weighted by atomic mass is 32.1. The zero-order chi connectivity index (χ0) is 12.1. The second-order valence-corrected chi connectivity index (χ2v) is 5.51. The average molecular weight is 240 g/mol. The number of rotatable bonds is 2. The Bertz CT molecular complexity index is 523. The third-order valence-electron chi connectivity index (χ3n) is 2.39. The van der Waals surface area contributed by atoms with E-state index in [1.807, 2.05) is 6.07 Å². The standard InChI is InChI=1S/C16H16S/c1-13(2)7-6-10-15-11-12-16(17-15)14-8-4-3-5-9-14/h3-5,8-9,11-13H,7H2,1-2H3. The van der Waals surface area contributed by atoms with E-state index in [4.69, 9.17) is 0 Å². The van der Waals surface area contributed by atoms with Gasteiger partial charge in [-0.05, 0) is 23.6 Å². The van der Waals surface area contributed by atoms with E-state index in [0.717, 1.165) is 11.3 Å². The highest BCUT2D eigenvalue weighted by Gasteiger charge is 1.99. The van der Waals surface area contributed by atoms with Crippen LogP contribution in [0.1, 0.15) is 25.1 Å². The lowest BCUT2D eigenvalue weighted by Gasteiger charge is -1.94. The van der Waals surface area contributed by atoms with E-state index in [0.29, 0.717) is 5.92 Å². The SMILES string of the molecule is CC(C)CC#Cc1ccc(-c2ccccc2)s1. The summed E-state index contributed by atoms with van der Waals surface area (Å²) in [5.74, 6) is 7.11. The first-order chi connectivity index (χ1) is 8.25. The van der Waals surface area contributed by atoms with E-state index in [1.54, 1.807) is 11.3 Å². The van der Waals surface area contributed by atoms with Gasteiger partial charge in [0.1, 0.15) is 0 Å². The van der Waals surface area contributed by atoms with Crippen LogP contribution in [0.2, 0.25) is 0 Å². The van der Waals surface area contributed by atoms with Crippen LogP contribution in [-0.2, 0) is 0 Å². The van der Waals surface area contributed by atoms with Gasteiger partial charge in [0.2, 0.25) is 0 Å². The van der Waals surface area contributed by atoms with Crippen LogP contribution in [0.4, 0.5) is 0 Å². The molecule has 0 unspecified atom stereocenters. The van der Waals surface area contributed by atoms with Gasteiger partial charge in [0.05, 0.1) is 4.88 Å². The molecule has 0 spiro atoms. The first-order valence-electron chi connectivity index (χ1n) is 5.90. The molecule has 0 bridgehead atoms. The minimum atomic E-state index is 0.649. The Morgan fingerprint density at radius 1 is 1.06 bits per heavy atom. The van der Waals surface area contributed by atoms with Gasteiger partial charge in [0.15, 0.2) is 0 Å². The van der Waals surface area contributed by atoms with Crippen LogP contribution in [0.3, 0.4) is 0 Å². The Kier molecular flexibility index (Phi) is 4.01. The molecule has 1 heterocycles. The summed E-state index contributed by atoms with van der Waals surface area (Å²) in [5.41, 5.74) is 1.27. The summed E-state index contributed by atoms with van der Waals surface area (Å²) in [6, 6.07) is 14.7. The van der Waals surface area contributed by atoms with E-state index in [-0.39, 0.29) is 0 Å². The molecule has 0 saturated heterocycles. The highest BCUT2D eigenvalue weighted by Crippen LogP contribution is 2.27. The van der Waals surface area contributed by atoms with Gasteiger partial charge in [0, 0.05) is 11.3 Å². The second kappa shape index (κ2) is 5.70. The maximum Gasteiger partial charge on any atom is 0.0775 e. The molecule has 0 nitrogen and oxygen atoms in total. The molecule has 1 heteroatoms. The Hall–Kier alpha value is -1.52. The lowest BCUT2D eigenvalue weighted by Crippen LogP contribution is -1.81. The monoisotopic (exact) mass is 240 g/mol. The van der Waals surface area contributed by atoms with Crippen LogP contribution in [0.25, 0.3) is 10.4 Å². The molecule has 1 aromatic carbocycles. The van der Waals surface area contributed by atoms with Gasteiger partial charge in [-0.3, -0.25) is 0 Å². The van der Waals surface area contributed by atoms with Crippen LogP contribution in [-0.4, -0.2) is 0 Å². The van der Waals surface area contributed by atoms with Gasteiger partial charge < -0.3 is 0 Å². The van der Waals surface area contributed by atoms with Gasteiger partial charge in [-0.2, -0.15) is 0 Å². The smallest absolute Gasteiger partial charge is 0.0775 e. The van der Waals surface area contributed by atoms with Gasteiger partial charge in [-0.15, -0.1) is 11.3 Å². The molecule has 0 atom stereocenters. The number of thiophene rings is 1. The molecule has 2 aromatic rings. The van der Waals surface area contributed by atoms with Crippen LogP contribution in [0, 0.1) is 17.8 Å². The van der Waals surface area contributed by atoms with Crippen LogP contribution in [0.15, 0.2) is 42.5 Å². The summed E-state index contributed by atoms with van der Waals surface area (Å²) in [4.78, 5) is 2.45. The molecule has 17 heavy (non-hydrogen) atoms. The fraction of sp³-hybridized carbons (Fsp3) is 0.250. The van der Waals surface area contributed by atoms with Crippen molar-refractivity contribution in [1.29, 1.82) is 0 Å². The normalized spacial score (nSPS) is 10.1. The predicted molar refractivity (Wildman–Crippen MR) is 76.1 cm³/mol. The van der Waals surface area contributed by atoms with Crippen molar-refractivity contribution >= 4 is 11.3 Å². The molecular formula is C16H16S. The van der Waals surface area contributed by atoms with Crippen molar-refractivity contribution in [1.82, 2.24) is 0 Å². The summed E-state index contributed by atoms with van der Waals surface area (Å²) in [6.07, 6.45) is 0.971. The van der Waals surface area contributed by atoms with Crippen molar-refractivity contribution < 1.29 is 0 Å². The van der Waals surface area contributed by atoms with E-state index >= 15 is 0 Å². The fourth-order valence-corrected chi connectivity index (χ4v) is 2.39. The highest BCUT2D eigenvalue weighted by molar-refractivity contribution is 7.16. The summed E-state index contributed by atoms with van der Waals surface area (Å²) in [5, 5.41) is 0. The van der Waals surface area contributed by atoms with Crippen molar-refractivity contribution in [2.24, 2.45) is 5.92 Å². The second-order valence-electron chi connectivity index (χ2n) is 4.43. The molecule has 0 N–H and O–H groups in total. The van der Waals surface area contributed by atoms with Crippen molar-refractivity contribution in [3.05, 3.63) is 47.3 Å². The van der Waals surface area contributed by atoms with Crippen molar-refractivity contribution in [3.63, 3.8) is 0 Å². The summed E-state index contributed by atoms with van der Waals surface area (Å²) in [6.45, 7) is 4.39. The van der Waals surface area contributed by atoms with Gasteiger partial charge in [-0.1, -0.05) is 56.0 Å². The maximum absolute atomic E-state index is 3.23. The minimum absolute atomic E-state index is 0.649. The minimum Gasteiger partial charge on any atom is -0.127 e. The van der Waals surface area contributed by atoms with Crippen molar-refractivity contribution in [3.8, 4) is 22.3 Å². The molecule has 0 aliphatic heterocycles. The molecule has 0 amide bonds. The summed E-state index contributed by atoms with van der Waals surface area (Å²) < 4.78 is 0. The molecular weight excluding hydrogens is 224 g/mol. The van der Waals surface area contributed by atoms with E-state index < -0.39 is 0 Å². The predicted octanol–water partition coefficient (Wildman–Crippen LogP) is 4.81. The molecule has 0 aliphatic carbocycles. The van der Waals surface area contributed by atoms with Crippen LogP contribution < -0.4 is 0 Å². The molecule has 0 aliphatic rings. The van der Waals surface area contributed by atoms with Crippen LogP contribution >= 0.6 is 11.3 Å². The quantitative estimate of drug-likeness (QED) is 0.661. The van der Waals surface area contributed by atoms with E-state index in [9.17, 15) is 0 Å².